The number of amides is 1. The van der Waals surface area contributed by atoms with Gasteiger partial charge in [0.2, 0.25) is 0 Å². The molecule has 4 heteroatoms. The van der Waals surface area contributed by atoms with E-state index < -0.39 is 13.7 Å². The van der Waals surface area contributed by atoms with Gasteiger partial charge in [-0.3, -0.25) is 0 Å². The van der Waals surface area contributed by atoms with Crippen LogP contribution in [0, 0.1) is 11.6 Å². The Labute approximate surface area is 163 Å². The maximum Gasteiger partial charge on any atom is 0.422 e. The zero-order chi connectivity index (χ0) is 20.1. The molecule has 0 atom stereocenters. The number of ether oxygens (including phenoxy) is 1. The molecule has 1 saturated carbocycles. The highest BCUT2D eigenvalue weighted by Crippen LogP contribution is 2.40. The fourth-order valence-corrected chi connectivity index (χ4v) is 9.71. The number of hydrogen-bond acceptors (Lipinski definition) is 2. The first-order chi connectivity index (χ1) is 11.9. The summed E-state index contributed by atoms with van der Waals surface area (Å²) in [6.07, 6.45) is 5.41. The monoisotopic (exact) mass is 379 g/mol. The van der Waals surface area contributed by atoms with Gasteiger partial charge in [-0.2, -0.15) is 0 Å². The molecular weight excluding hydrogens is 338 g/mol. The van der Waals surface area contributed by atoms with E-state index in [1.165, 1.54) is 19.3 Å². The molecule has 1 rings (SSSR count). The topological polar surface area (TPSA) is 29.5 Å². The summed E-state index contributed by atoms with van der Waals surface area (Å²) in [5, 5.41) is 0. The Kier molecular flexibility index (Phi) is 8.26. The molecule has 0 radical (unpaired) electrons. The summed E-state index contributed by atoms with van der Waals surface area (Å²) < 4.78 is 5.70. The number of carbonyl (C=O) groups is 1. The Morgan fingerprint density at radius 1 is 0.962 bits per heavy atom. The SMILES string of the molecule is CC(C)[Si](C#CN(C(=O)OC(C)(C)C)C1CCCCC1)(C(C)C)C(C)C. The van der Waals surface area contributed by atoms with Crippen LogP contribution in [0.5, 0.6) is 0 Å². The van der Waals surface area contributed by atoms with E-state index in [9.17, 15) is 4.79 Å². The molecule has 0 aliphatic heterocycles. The van der Waals surface area contributed by atoms with Gasteiger partial charge < -0.3 is 4.74 Å². The Morgan fingerprint density at radius 2 is 1.42 bits per heavy atom. The molecule has 0 aromatic rings. The lowest BCUT2D eigenvalue weighted by atomic mass is 9.95. The molecule has 150 valence electrons. The van der Waals surface area contributed by atoms with Crippen LogP contribution >= 0.6 is 0 Å². The second kappa shape index (κ2) is 9.31. The van der Waals surface area contributed by atoms with Crippen molar-refractivity contribution in [1.29, 1.82) is 0 Å². The molecule has 1 aliphatic carbocycles. The van der Waals surface area contributed by atoms with E-state index >= 15 is 0 Å². The third kappa shape index (κ3) is 5.77. The van der Waals surface area contributed by atoms with Crippen molar-refractivity contribution >= 4 is 14.2 Å². The summed E-state index contributed by atoms with van der Waals surface area (Å²) >= 11 is 0. The van der Waals surface area contributed by atoms with Gasteiger partial charge in [-0.1, -0.05) is 60.8 Å². The highest BCUT2D eigenvalue weighted by Gasteiger charge is 2.42. The molecule has 0 saturated heterocycles. The number of carbonyl (C=O) groups excluding carboxylic acids is 1. The zero-order valence-electron chi connectivity index (χ0n) is 18.6. The first-order valence-corrected chi connectivity index (χ1v) is 12.7. The maximum atomic E-state index is 12.9. The third-order valence-electron chi connectivity index (χ3n) is 5.79. The summed E-state index contributed by atoms with van der Waals surface area (Å²) in [5.41, 5.74) is 4.89. The lowest BCUT2D eigenvalue weighted by Gasteiger charge is -2.38. The van der Waals surface area contributed by atoms with E-state index in [4.69, 9.17) is 4.74 Å². The van der Waals surface area contributed by atoms with Gasteiger partial charge in [0.05, 0.1) is 0 Å². The Balaban J connectivity index is 3.26. The molecule has 1 amide bonds. The molecular formula is C22H41NO2Si. The number of hydrogen-bond donors (Lipinski definition) is 0. The normalized spacial score (nSPS) is 16.6. The van der Waals surface area contributed by atoms with Gasteiger partial charge in [0.15, 0.2) is 0 Å². The molecule has 0 unspecified atom stereocenters. The van der Waals surface area contributed by atoms with Crippen molar-refractivity contribution in [2.24, 2.45) is 0 Å². The zero-order valence-corrected chi connectivity index (χ0v) is 19.6. The van der Waals surface area contributed by atoms with Crippen molar-refractivity contribution in [3.63, 3.8) is 0 Å². The molecule has 0 N–H and O–H groups in total. The molecule has 1 aliphatic rings. The Morgan fingerprint density at radius 3 is 1.81 bits per heavy atom. The Hall–Kier alpha value is -0.953. The van der Waals surface area contributed by atoms with Gasteiger partial charge in [0.25, 0.3) is 0 Å². The average Bonchev–Trinajstić information content (AvgIpc) is 2.49. The fourth-order valence-electron chi connectivity index (χ4n) is 4.53. The third-order valence-corrected chi connectivity index (χ3v) is 12.1. The van der Waals surface area contributed by atoms with Gasteiger partial charge in [0.1, 0.15) is 13.7 Å². The van der Waals surface area contributed by atoms with E-state index in [-0.39, 0.29) is 12.1 Å². The van der Waals surface area contributed by atoms with Crippen LogP contribution < -0.4 is 0 Å². The van der Waals surface area contributed by atoms with Gasteiger partial charge in [-0.15, -0.1) is 5.54 Å². The highest BCUT2D eigenvalue weighted by molar-refractivity contribution is 6.90. The van der Waals surface area contributed by atoms with Crippen LogP contribution in [0.2, 0.25) is 16.6 Å². The minimum Gasteiger partial charge on any atom is -0.443 e. The molecule has 0 aromatic heterocycles. The molecule has 0 spiro atoms. The second-order valence-electron chi connectivity index (χ2n) is 9.78. The van der Waals surface area contributed by atoms with E-state index in [2.05, 4.69) is 53.1 Å². The van der Waals surface area contributed by atoms with Crippen molar-refractivity contribution in [2.75, 3.05) is 0 Å². The quantitative estimate of drug-likeness (QED) is 0.308. The van der Waals surface area contributed by atoms with Crippen molar-refractivity contribution in [1.82, 2.24) is 4.90 Å². The minimum atomic E-state index is -1.87. The standard InChI is InChI=1S/C22H41NO2Si/c1-17(2)26(18(3)4,19(5)6)16-15-23(20-13-11-10-12-14-20)21(24)25-22(7,8)9/h17-20H,10-14H2,1-9H3. The molecule has 0 bridgehead atoms. The first kappa shape index (κ1) is 23.1. The second-order valence-corrected chi connectivity index (χ2v) is 15.4. The summed E-state index contributed by atoms with van der Waals surface area (Å²) in [4.78, 5) is 14.7. The van der Waals surface area contributed by atoms with Gasteiger partial charge >= 0.3 is 6.09 Å². The largest absolute Gasteiger partial charge is 0.443 e. The summed E-state index contributed by atoms with van der Waals surface area (Å²) in [6.45, 7) is 19.6. The van der Waals surface area contributed by atoms with E-state index in [0.717, 1.165) is 12.8 Å². The molecule has 26 heavy (non-hydrogen) atoms. The predicted octanol–water partition coefficient (Wildman–Crippen LogP) is 6.74. The summed E-state index contributed by atoms with van der Waals surface area (Å²) in [7, 11) is -1.87. The van der Waals surface area contributed by atoms with Crippen LogP contribution in [-0.2, 0) is 4.74 Å². The first-order valence-electron chi connectivity index (χ1n) is 10.5. The van der Waals surface area contributed by atoms with Crippen molar-refractivity contribution in [3.8, 4) is 11.6 Å². The number of rotatable bonds is 4. The lowest BCUT2D eigenvalue weighted by molar-refractivity contribution is 0.0262. The van der Waals surface area contributed by atoms with Crippen LogP contribution in [0.1, 0.15) is 94.4 Å². The minimum absolute atomic E-state index is 0.198. The van der Waals surface area contributed by atoms with Gasteiger partial charge in [-0.25, -0.2) is 9.69 Å². The van der Waals surface area contributed by atoms with E-state index in [0.29, 0.717) is 16.6 Å². The molecule has 0 heterocycles. The average molecular weight is 380 g/mol. The van der Waals surface area contributed by atoms with E-state index in [1.54, 1.807) is 4.90 Å². The van der Waals surface area contributed by atoms with Gasteiger partial charge in [-0.05, 0) is 50.2 Å². The molecule has 1 fully saturated rings. The predicted molar refractivity (Wildman–Crippen MR) is 114 cm³/mol. The van der Waals surface area contributed by atoms with Crippen LogP contribution in [0.25, 0.3) is 0 Å². The van der Waals surface area contributed by atoms with Crippen molar-refractivity contribution < 1.29 is 9.53 Å². The Bertz CT molecular complexity index is 495. The maximum absolute atomic E-state index is 12.9. The molecule has 0 aromatic carbocycles. The van der Waals surface area contributed by atoms with Crippen LogP contribution in [-0.4, -0.2) is 30.7 Å². The number of nitrogens with zero attached hydrogens (tertiary/aromatic N) is 1. The van der Waals surface area contributed by atoms with Crippen LogP contribution in [0.3, 0.4) is 0 Å². The smallest absolute Gasteiger partial charge is 0.422 e. The van der Waals surface area contributed by atoms with Crippen molar-refractivity contribution in [2.45, 2.75) is 123 Å². The van der Waals surface area contributed by atoms with E-state index in [1.807, 2.05) is 20.8 Å². The molecule has 3 nitrogen and oxygen atoms in total. The van der Waals surface area contributed by atoms with Crippen molar-refractivity contribution in [3.05, 3.63) is 0 Å². The highest BCUT2D eigenvalue weighted by atomic mass is 28.3. The van der Waals surface area contributed by atoms with Crippen LogP contribution in [0.4, 0.5) is 4.79 Å². The van der Waals surface area contributed by atoms with Gasteiger partial charge in [0, 0.05) is 12.1 Å². The summed E-state index contributed by atoms with van der Waals surface area (Å²) in [6, 6.07) is 3.57. The van der Waals surface area contributed by atoms with Crippen LogP contribution in [0.15, 0.2) is 0 Å². The lowest BCUT2D eigenvalue weighted by Crippen LogP contribution is -2.45. The summed E-state index contributed by atoms with van der Waals surface area (Å²) in [5.74, 6) is 0. The fraction of sp³-hybridized carbons (Fsp3) is 0.864.